The van der Waals surface area contributed by atoms with Crippen LogP contribution in [0.1, 0.15) is 13.8 Å². The van der Waals surface area contributed by atoms with Crippen molar-refractivity contribution in [3.63, 3.8) is 0 Å². The molecule has 35 heavy (non-hydrogen) atoms. The van der Waals surface area contributed by atoms with E-state index in [0.29, 0.717) is 35.9 Å². The molecule has 2 aromatic rings. The molecule has 0 saturated carbocycles. The first kappa shape index (κ1) is 25.1. The fourth-order valence-corrected chi connectivity index (χ4v) is 5.06. The zero-order valence-corrected chi connectivity index (χ0v) is 20.1. The summed E-state index contributed by atoms with van der Waals surface area (Å²) in [4.78, 5) is 32.6. The number of piperazine rings is 1. The minimum atomic E-state index is -4.89. The van der Waals surface area contributed by atoms with E-state index >= 15 is 4.39 Å². The topological polar surface area (TPSA) is 65.0 Å². The summed E-state index contributed by atoms with van der Waals surface area (Å²) in [6.07, 6.45) is -3.86. The fraction of sp³-hybridized carbons (Fsp3) is 0.375. The minimum absolute atomic E-state index is 0.124. The molecule has 3 atom stereocenters. The highest BCUT2D eigenvalue weighted by Crippen LogP contribution is 2.39. The molecule has 4 rings (SSSR count). The van der Waals surface area contributed by atoms with Crippen molar-refractivity contribution in [1.29, 1.82) is 0 Å². The number of alkyl halides is 3. The molecule has 1 fully saturated rings. The zero-order chi connectivity index (χ0) is 25.5. The number of carbonyl (C=O) groups excluding carboxylic acids is 2. The molecule has 3 heterocycles. The van der Waals surface area contributed by atoms with Gasteiger partial charge in [0.05, 0.1) is 16.9 Å². The fourth-order valence-electron chi connectivity index (χ4n) is 4.31. The number of nitrogens with one attached hydrogen (secondary N) is 1. The molecule has 0 spiro atoms. The van der Waals surface area contributed by atoms with E-state index in [1.54, 1.807) is 17.5 Å². The van der Waals surface area contributed by atoms with Crippen LogP contribution in [0.25, 0.3) is 10.4 Å². The number of likely N-dealkylation sites (N-methyl/N-ethyl adjacent to an activating group) is 1. The highest BCUT2D eigenvalue weighted by atomic mass is 32.1. The van der Waals surface area contributed by atoms with E-state index in [4.69, 9.17) is 0 Å². The molecule has 0 aliphatic carbocycles. The number of nitrogens with zero attached hydrogens (tertiary/aromatic N) is 3. The van der Waals surface area contributed by atoms with Crippen LogP contribution in [0.15, 0.2) is 46.3 Å². The Morgan fingerprint density at radius 1 is 1.20 bits per heavy atom. The van der Waals surface area contributed by atoms with Gasteiger partial charge in [0.15, 0.2) is 0 Å². The lowest BCUT2D eigenvalue weighted by Crippen LogP contribution is -2.55. The van der Waals surface area contributed by atoms with Crippen LogP contribution in [0, 0.1) is 11.7 Å². The van der Waals surface area contributed by atoms with Crippen LogP contribution in [-0.4, -0.2) is 61.3 Å². The molecule has 1 saturated heterocycles. The second-order valence-corrected chi connectivity index (χ2v) is 9.72. The van der Waals surface area contributed by atoms with Crippen LogP contribution >= 0.6 is 11.3 Å². The summed E-state index contributed by atoms with van der Waals surface area (Å²) in [5, 5.41) is 4.34. The highest BCUT2D eigenvalue weighted by Gasteiger charge is 2.43. The van der Waals surface area contributed by atoms with Gasteiger partial charge in [-0.15, -0.1) is 11.3 Å². The quantitative estimate of drug-likeness (QED) is 0.607. The van der Waals surface area contributed by atoms with Crippen LogP contribution in [0.5, 0.6) is 0 Å². The molecule has 1 N–H and O–H groups in total. The van der Waals surface area contributed by atoms with Crippen molar-refractivity contribution >= 4 is 40.7 Å². The van der Waals surface area contributed by atoms with Crippen molar-refractivity contribution in [3.05, 3.63) is 47.1 Å². The lowest BCUT2D eigenvalue weighted by atomic mass is 9.95. The molecular weight excluding hydrogens is 484 g/mol. The maximum absolute atomic E-state index is 15.2. The Labute approximate surface area is 203 Å². The average Bonchev–Trinajstić information content (AvgIpc) is 3.32. The van der Waals surface area contributed by atoms with Crippen molar-refractivity contribution in [2.45, 2.75) is 32.1 Å². The normalized spacial score (nSPS) is 23.4. The van der Waals surface area contributed by atoms with Crippen LogP contribution in [-0.2, 0) is 9.59 Å². The Morgan fingerprint density at radius 3 is 2.49 bits per heavy atom. The molecule has 186 valence electrons. The highest BCUT2D eigenvalue weighted by molar-refractivity contribution is 7.13. The first-order valence-electron chi connectivity index (χ1n) is 11.0. The Balaban J connectivity index is 1.74. The summed E-state index contributed by atoms with van der Waals surface area (Å²) in [6.45, 7) is 5.11. The summed E-state index contributed by atoms with van der Waals surface area (Å²) in [5.41, 5.74) is -0.493. The predicted molar refractivity (Wildman–Crippen MR) is 128 cm³/mol. The van der Waals surface area contributed by atoms with Gasteiger partial charge < -0.3 is 10.2 Å². The number of carbonyl (C=O) groups is 2. The second-order valence-electron chi connectivity index (χ2n) is 8.78. The first-order chi connectivity index (χ1) is 16.5. The maximum atomic E-state index is 15.2. The van der Waals surface area contributed by atoms with Gasteiger partial charge in [-0.05, 0) is 44.5 Å². The van der Waals surface area contributed by atoms with Crippen LogP contribution < -0.4 is 10.2 Å². The van der Waals surface area contributed by atoms with E-state index < -0.39 is 35.3 Å². The number of dihydropyridines is 1. The van der Waals surface area contributed by atoms with Gasteiger partial charge in [-0.1, -0.05) is 6.07 Å². The molecule has 2 aliphatic rings. The molecule has 1 aromatic heterocycles. The number of halogens is 4. The number of anilines is 2. The summed E-state index contributed by atoms with van der Waals surface area (Å²) in [5.74, 6) is -4.39. The van der Waals surface area contributed by atoms with Crippen molar-refractivity contribution in [1.82, 2.24) is 4.90 Å². The zero-order valence-electron chi connectivity index (χ0n) is 19.3. The monoisotopic (exact) mass is 508 g/mol. The average molecular weight is 509 g/mol. The minimum Gasteiger partial charge on any atom is -0.367 e. The molecule has 2 aliphatic heterocycles. The van der Waals surface area contributed by atoms with Crippen LogP contribution in [0.2, 0.25) is 0 Å². The van der Waals surface area contributed by atoms with E-state index in [2.05, 4.69) is 15.2 Å². The summed E-state index contributed by atoms with van der Waals surface area (Å²) < 4.78 is 55.8. The van der Waals surface area contributed by atoms with Gasteiger partial charge in [0.1, 0.15) is 11.7 Å². The Hall–Kier alpha value is -3.05. The van der Waals surface area contributed by atoms with Gasteiger partial charge in [0.2, 0.25) is 5.91 Å². The van der Waals surface area contributed by atoms with Crippen molar-refractivity contribution < 1.29 is 27.2 Å². The van der Waals surface area contributed by atoms with E-state index in [1.807, 2.05) is 25.8 Å². The summed E-state index contributed by atoms with van der Waals surface area (Å²) in [6, 6.07) is 6.49. The molecular formula is C24H24F4N4O2S. The van der Waals surface area contributed by atoms with Gasteiger partial charge in [-0.3, -0.25) is 14.5 Å². The molecule has 0 bridgehead atoms. The van der Waals surface area contributed by atoms with E-state index in [0.717, 1.165) is 0 Å². The largest absolute Gasteiger partial charge is 0.414 e. The smallest absolute Gasteiger partial charge is 0.367 e. The molecule has 1 aromatic carbocycles. The first-order valence-corrected chi connectivity index (χ1v) is 11.9. The standard InChI is InChI=1S/C24H24F4N4O2S/c1-13-11-32(12-14(2)31(13)3)20-9-18(25)15(21-5-4-6-35-21)7-19(20)30-23(34)16-10-29-22(33)8-17(16)24(26,27)28/h4-10,13-14,16H,11-12H2,1-3H3,(H,30,34)/t13-,14+,16?. The predicted octanol–water partition coefficient (Wildman–Crippen LogP) is 4.74. The molecule has 1 unspecified atom stereocenters. The SMILES string of the molecule is C[C@@H]1CN(c2cc(F)c(-c3cccs3)cc2NC(=O)C2C=NC(=O)C=C2C(F)(F)F)C[C@H](C)N1C. The lowest BCUT2D eigenvalue weighted by molar-refractivity contribution is -0.124. The third kappa shape index (κ3) is 5.15. The van der Waals surface area contributed by atoms with Gasteiger partial charge in [-0.25, -0.2) is 9.38 Å². The molecule has 0 radical (unpaired) electrons. The molecule has 2 amide bonds. The number of thiophene rings is 1. The van der Waals surface area contributed by atoms with Crippen LogP contribution in [0.4, 0.5) is 28.9 Å². The Bertz CT molecular complexity index is 1180. The van der Waals surface area contributed by atoms with E-state index in [1.165, 1.54) is 23.5 Å². The number of amides is 2. The summed E-state index contributed by atoms with van der Waals surface area (Å²) in [7, 11) is 1.99. The Morgan fingerprint density at radius 2 is 1.89 bits per heavy atom. The van der Waals surface area contributed by atoms with Crippen molar-refractivity contribution in [2.24, 2.45) is 10.9 Å². The van der Waals surface area contributed by atoms with Gasteiger partial charge >= 0.3 is 6.18 Å². The Kier molecular flexibility index (Phi) is 6.83. The number of benzene rings is 1. The van der Waals surface area contributed by atoms with Gasteiger partial charge in [-0.2, -0.15) is 13.2 Å². The third-order valence-corrected chi connectivity index (χ3v) is 7.31. The van der Waals surface area contributed by atoms with Crippen molar-refractivity contribution in [2.75, 3.05) is 30.4 Å². The molecule has 11 heteroatoms. The van der Waals surface area contributed by atoms with E-state index in [-0.39, 0.29) is 23.3 Å². The van der Waals surface area contributed by atoms with Gasteiger partial charge in [0.25, 0.3) is 5.91 Å². The number of hydrogen-bond acceptors (Lipinski definition) is 5. The maximum Gasteiger partial charge on any atom is 0.414 e. The number of hydrogen-bond donors (Lipinski definition) is 1. The number of rotatable bonds is 4. The second kappa shape index (κ2) is 9.54. The third-order valence-electron chi connectivity index (χ3n) is 6.40. The van der Waals surface area contributed by atoms with Crippen LogP contribution in [0.3, 0.4) is 0 Å². The number of aliphatic imine (C=N–C) groups is 1. The van der Waals surface area contributed by atoms with E-state index in [9.17, 15) is 22.8 Å². The lowest BCUT2D eigenvalue weighted by Gasteiger charge is -2.44. The molecule has 6 nitrogen and oxygen atoms in total. The van der Waals surface area contributed by atoms with Crippen molar-refractivity contribution in [3.8, 4) is 10.4 Å². The van der Waals surface area contributed by atoms with Gasteiger partial charge in [0, 0.05) is 47.9 Å². The summed E-state index contributed by atoms with van der Waals surface area (Å²) >= 11 is 1.30.